The molecule has 1 aliphatic rings. The zero-order valence-corrected chi connectivity index (χ0v) is 21.9. The van der Waals surface area contributed by atoms with Crippen LogP contribution in [0.5, 0.6) is 0 Å². The monoisotopic (exact) mass is 487 g/mol. The standard InChI is InChI=1S/C29H37N5O2/c1-20(2)22-13-15-24(16-14-22)34-18-25(23-9-7-6-8-10-23)30-27(34)31-26(35)19-33(17-21-11-12-21)28(36)32-29(3,4)5/h6-10,13-16,18,20-21H,11-12,17,19H2,1-5H3,(H,32,36)(H,30,31,35). The number of nitrogens with zero attached hydrogens (tertiary/aromatic N) is 3. The van der Waals surface area contributed by atoms with E-state index in [0.717, 1.165) is 29.8 Å². The first-order valence-electron chi connectivity index (χ1n) is 12.7. The number of carbonyl (C=O) groups is 2. The van der Waals surface area contributed by atoms with Crippen molar-refractivity contribution in [1.29, 1.82) is 0 Å². The van der Waals surface area contributed by atoms with Gasteiger partial charge in [0.2, 0.25) is 11.9 Å². The summed E-state index contributed by atoms with van der Waals surface area (Å²) in [6, 6.07) is 17.9. The molecule has 4 rings (SSSR count). The lowest BCUT2D eigenvalue weighted by atomic mass is 10.0. The second-order valence-electron chi connectivity index (χ2n) is 11.0. The van der Waals surface area contributed by atoms with Gasteiger partial charge in [0, 0.05) is 29.5 Å². The van der Waals surface area contributed by atoms with Crippen LogP contribution in [0.1, 0.15) is 58.9 Å². The first-order valence-corrected chi connectivity index (χ1v) is 12.7. The molecular weight excluding hydrogens is 450 g/mol. The summed E-state index contributed by atoms with van der Waals surface area (Å²) in [4.78, 5) is 32.4. The van der Waals surface area contributed by atoms with E-state index in [1.165, 1.54) is 5.56 Å². The van der Waals surface area contributed by atoms with E-state index in [4.69, 9.17) is 4.98 Å². The Morgan fingerprint density at radius 2 is 1.72 bits per heavy atom. The minimum absolute atomic E-state index is 0.0295. The quantitative estimate of drug-likeness (QED) is 0.420. The van der Waals surface area contributed by atoms with Gasteiger partial charge in [-0.05, 0) is 63.1 Å². The summed E-state index contributed by atoms with van der Waals surface area (Å²) in [7, 11) is 0. The van der Waals surface area contributed by atoms with Crippen LogP contribution in [0.25, 0.3) is 16.9 Å². The van der Waals surface area contributed by atoms with Crippen LogP contribution >= 0.6 is 0 Å². The number of anilines is 1. The van der Waals surface area contributed by atoms with Crippen molar-refractivity contribution in [3.05, 3.63) is 66.4 Å². The maximum Gasteiger partial charge on any atom is 0.318 e. The number of nitrogens with one attached hydrogen (secondary N) is 2. The summed E-state index contributed by atoms with van der Waals surface area (Å²) in [5.74, 6) is 1.05. The SMILES string of the molecule is CC(C)c1ccc(-n2cc(-c3ccccc3)nc2NC(=O)CN(CC2CC2)C(=O)NC(C)(C)C)cc1. The number of hydrogen-bond donors (Lipinski definition) is 2. The smallest absolute Gasteiger partial charge is 0.318 e. The van der Waals surface area contributed by atoms with Crippen LogP contribution in [0.2, 0.25) is 0 Å². The lowest BCUT2D eigenvalue weighted by Gasteiger charge is -2.28. The molecule has 0 radical (unpaired) electrons. The Bertz CT molecular complexity index is 1190. The number of rotatable bonds is 8. The second-order valence-corrected chi connectivity index (χ2v) is 11.0. The van der Waals surface area contributed by atoms with Gasteiger partial charge in [0.05, 0.1) is 5.69 Å². The van der Waals surface area contributed by atoms with Gasteiger partial charge in [0.15, 0.2) is 0 Å². The molecule has 7 nitrogen and oxygen atoms in total. The lowest BCUT2D eigenvalue weighted by Crippen LogP contribution is -2.51. The fraction of sp³-hybridized carbons (Fsp3) is 0.414. The third kappa shape index (κ3) is 6.74. The molecule has 0 saturated heterocycles. The van der Waals surface area contributed by atoms with Crippen molar-refractivity contribution in [2.75, 3.05) is 18.4 Å². The fourth-order valence-corrected chi connectivity index (χ4v) is 4.00. The van der Waals surface area contributed by atoms with Crippen LogP contribution < -0.4 is 10.6 Å². The van der Waals surface area contributed by atoms with Gasteiger partial charge in [-0.15, -0.1) is 0 Å². The zero-order chi connectivity index (χ0) is 25.9. The van der Waals surface area contributed by atoms with E-state index >= 15 is 0 Å². The molecule has 3 aromatic rings. The van der Waals surface area contributed by atoms with Gasteiger partial charge in [-0.25, -0.2) is 9.78 Å². The van der Waals surface area contributed by atoms with Crippen molar-refractivity contribution >= 4 is 17.9 Å². The molecule has 0 unspecified atom stereocenters. The summed E-state index contributed by atoms with van der Waals surface area (Å²) >= 11 is 0. The van der Waals surface area contributed by atoms with E-state index < -0.39 is 0 Å². The highest BCUT2D eigenvalue weighted by Gasteiger charge is 2.29. The maximum absolute atomic E-state index is 13.2. The number of benzene rings is 2. The fourth-order valence-electron chi connectivity index (χ4n) is 4.00. The number of carbonyl (C=O) groups excluding carboxylic acids is 2. The first kappa shape index (κ1) is 25.5. The van der Waals surface area contributed by atoms with Gasteiger partial charge < -0.3 is 10.2 Å². The van der Waals surface area contributed by atoms with Gasteiger partial charge in [0.25, 0.3) is 0 Å². The zero-order valence-electron chi connectivity index (χ0n) is 21.9. The predicted octanol–water partition coefficient (Wildman–Crippen LogP) is 5.82. The number of urea groups is 1. The van der Waals surface area contributed by atoms with Crippen molar-refractivity contribution in [1.82, 2.24) is 19.8 Å². The Balaban J connectivity index is 1.58. The Morgan fingerprint density at radius 1 is 1.06 bits per heavy atom. The molecule has 1 saturated carbocycles. The van der Waals surface area contributed by atoms with Gasteiger partial charge in [-0.2, -0.15) is 0 Å². The van der Waals surface area contributed by atoms with E-state index in [1.54, 1.807) is 4.90 Å². The molecule has 3 amide bonds. The largest absolute Gasteiger partial charge is 0.333 e. The van der Waals surface area contributed by atoms with Crippen LogP contribution in [-0.2, 0) is 4.79 Å². The highest BCUT2D eigenvalue weighted by molar-refractivity contribution is 5.93. The van der Waals surface area contributed by atoms with Crippen LogP contribution in [0.4, 0.5) is 10.7 Å². The molecule has 1 heterocycles. The van der Waals surface area contributed by atoms with Gasteiger partial charge in [-0.1, -0.05) is 56.3 Å². The molecule has 2 aromatic carbocycles. The van der Waals surface area contributed by atoms with E-state index in [1.807, 2.05) is 74.0 Å². The average Bonchev–Trinajstić information content (AvgIpc) is 3.55. The molecule has 0 aliphatic heterocycles. The van der Waals surface area contributed by atoms with E-state index in [-0.39, 0.29) is 24.0 Å². The van der Waals surface area contributed by atoms with E-state index in [0.29, 0.717) is 24.3 Å². The predicted molar refractivity (Wildman–Crippen MR) is 144 cm³/mol. The first-order chi connectivity index (χ1) is 17.1. The normalized spacial score (nSPS) is 13.5. The van der Waals surface area contributed by atoms with Crippen molar-refractivity contribution in [2.45, 2.75) is 58.9 Å². The summed E-state index contributed by atoms with van der Waals surface area (Å²) < 4.78 is 1.89. The molecule has 0 spiro atoms. The molecule has 190 valence electrons. The maximum atomic E-state index is 13.2. The number of amides is 3. The molecular formula is C29H37N5O2. The molecule has 1 aromatic heterocycles. The van der Waals surface area contributed by atoms with Gasteiger partial charge in [0.1, 0.15) is 6.54 Å². The van der Waals surface area contributed by atoms with Gasteiger partial charge >= 0.3 is 6.03 Å². The van der Waals surface area contributed by atoms with Crippen molar-refractivity contribution in [3.63, 3.8) is 0 Å². The molecule has 2 N–H and O–H groups in total. The third-order valence-corrected chi connectivity index (χ3v) is 6.14. The molecule has 1 fully saturated rings. The highest BCUT2D eigenvalue weighted by Crippen LogP contribution is 2.30. The van der Waals surface area contributed by atoms with Crippen LogP contribution in [0.3, 0.4) is 0 Å². The Kier molecular flexibility index (Phi) is 7.48. The topological polar surface area (TPSA) is 79.3 Å². The molecule has 0 bridgehead atoms. The Labute approximate surface area is 213 Å². The average molecular weight is 488 g/mol. The number of aromatic nitrogens is 2. The number of imidazole rings is 1. The molecule has 1 aliphatic carbocycles. The summed E-state index contributed by atoms with van der Waals surface area (Å²) in [5.41, 5.74) is 3.50. The molecule has 36 heavy (non-hydrogen) atoms. The van der Waals surface area contributed by atoms with Crippen LogP contribution in [0.15, 0.2) is 60.8 Å². The van der Waals surface area contributed by atoms with E-state index in [9.17, 15) is 9.59 Å². The minimum atomic E-state index is -0.377. The summed E-state index contributed by atoms with van der Waals surface area (Å²) in [6.45, 7) is 10.7. The molecule has 0 atom stereocenters. The minimum Gasteiger partial charge on any atom is -0.333 e. The summed E-state index contributed by atoms with van der Waals surface area (Å²) in [5, 5.41) is 5.95. The number of hydrogen-bond acceptors (Lipinski definition) is 3. The molecule has 7 heteroatoms. The van der Waals surface area contributed by atoms with Crippen molar-refractivity contribution in [3.8, 4) is 16.9 Å². The van der Waals surface area contributed by atoms with Crippen molar-refractivity contribution < 1.29 is 9.59 Å². The van der Waals surface area contributed by atoms with E-state index in [2.05, 4.69) is 36.6 Å². The Hall–Kier alpha value is -3.61. The second kappa shape index (κ2) is 10.6. The summed E-state index contributed by atoms with van der Waals surface area (Å²) in [6.07, 6.45) is 4.12. The van der Waals surface area contributed by atoms with Gasteiger partial charge in [-0.3, -0.25) is 14.7 Å². The Morgan fingerprint density at radius 3 is 2.31 bits per heavy atom. The van der Waals surface area contributed by atoms with Crippen molar-refractivity contribution in [2.24, 2.45) is 5.92 Å². The highest BCUT2D eigenvalue weighted by atomic mass is 16.2. The van der Waals surface area contributed by atoms with Crippen LogP contribution in [0, 0.1) is 5.92 Å². The lowest BCUT2D eigenvalue weighted by molar-refractivity contribution is -0.116. The van der Waals surface area contributed by atoms with Crippen LogP contribution in [-0.4, -0.2) is 45.0 Å². The third-order valence-electron chi connectivity index (χ3n) is 6.14.